The van der Waals surface area contributed by atoms with E-state index in [-0.39, 0.29) is 10.6 Å². The number of carbonyl (C=O) groups is 2. The van der Waals surface area contributed by atoms with Crippen molar-refractivity contribution in [2.45, 2.75) is 13.0 Å². The number of carboxylic acid groups (broad SMARTS) is 1. The van der Waals surface area contributed by atoms with Crippen molar-refractivity contribution in [3.63, 3.8) is 0 Å². The van der Waals surface area contributed by atoms with Crippen molar-refractivity contribution in [2.24, 2.45) is 0 Å². The number of anilines is 1. The minimum Gasteiger partial charge on any atom is -0.480 e. The highest BCUT2D eigenvalue weighted by Crippen LogP contribution is 2.19. The summed E-state index contributed by atoms with van der Waals surface area (Å²) in [5.74, 6) is -1.60. The van der Waals surface area contributed by atoms with Crippen LogP contribution in [0.3, 0.4) is 0 Å². The van der Waals surface area contributed by atoms with Crippen LogP contribution in [0.25, 0.3) is 0 Å². The van der Waals surface area contributed by atoms with Gasteiger partial charge in [0.1, 0.15) is 6.04 Å². The van der Waals surface area contributed by atoms with Crippen molar-refractivity contribution in [3.05, 3.63) is 28.8 Å². The van der Waals surface area contributed by atoms with Crippen molar-refractivity contribution in [1.82, 2.24) is 5.32 Å². The molecule has 1 aromatic carbocycles. The summed E-state index contributed by atoms with van der Waals surface area (Å²) in [4.78, 5) is 22.1. The summed E-state index contributed by atoms with van der Waals surface area (Å²) in [5.41, 5.74) is 6.12. The van der Waals surface area contributed by atoms with Crippen LogP contribution in [0.1, 0.15) is 17.3 Å². The number of nitrogen functional groups attached to an aromatic ring is 1. The third kappa shape index (κ3) is 2.87. The monoisotopic (exact) mass is 242 g/mol. The lowest BCUT2D eigenvalue weighted by Gasteiger charge is -2.09. The smallest absolute Gasteiger partial charge is 0.325 e. The molecular formula is C10H11ClN2O3. The molecule has 4 N–H and O–H groups in total. The number of halogens is 1. The number of hydrogen-bond donors (Lipinski definition) is 3. The molecule has 1 aromatic rings. The number of nitrogens with one attached hydrogen (secondary N) is 1. The zero-order valence-electron chi connectivity index (χ0n) is 8.53. The van der Waals surface area contributed by atoms with Crippen LogP contribution in [-0.2, 0) is 4.79 Å². The number of benzene rings is 1. The lowest BCUT2D eigenvalue weighted by molar-refractivity contribution is -0.138. The van der Waals surface area contributed by atoms with E-state index >= 15 is 0 Å². The predicted octanol–water partition coefficient (Wildman–Crippen LogP) is 1.13. The Morgan fingerprint density at radius 1 is 1.50 bits per heavy atom. The molecule has 0 aliphatic rings. The van der Waals surface area contributed by atoms with E-state index < -0.39 is 17.9 Å². The molecule has 0 bridgehead atoms. The van der Waals surface area contributed by atoms with Gasteiger partial charge in [-0.05, 0) is 25.1 Å². The normalized spacial score (nSPS) is 11.9. The van der Waals surface area contributed by atoms with Crippen molar-refractivity contribution in [1.29, 1.82) is 0 Å². The summed E-state index contributed by atoms with van der Waals surface area (Å²) < 4.78 is 0. The molecule has 0 unspecified atom stereocenters. The molecule has 0 aliphatic heterocycles. The van der Waals surface area contributed by atoms with E-state index in [2.05, 4.69) is 5.32 Å². The van der Waals surface area contributed by atoms with Gasteiger partial charge in [0.15, 0.2) is 0 Å². The summed E-state index contributed by atoms with van der Waals surface area (Å²) in [6.45, 7) is 1.37. The lowest BCUT2D eigenvalue weighted by Crippen LogP contribution is -2.38. The van der Waals surface area contributed by atoms with Gasteiger partial charge < -0.3 is 16.2 Å². The largest absolute Gasteiger partial charge is 0.480 e. The van der Waals surface area contributed by atoms with Crippen LogP contribution in [0, 0.1) is 0 Å². The Morgan fingerprint density at radius 3 is 2.62 bits per heavy atom. The average Bonchev–Trinajstić information content (AvgIpc) is 2.21. The van der Waals surface area contributed by atoms with Gasteiger partial charge in [0.05, 0.1) is 10.7 Å². The van der Waals surface area contributed by atoms with E-state index in [1.165, 1.54) is 25.1 Å². The molecule has 0 fully saturated rings. The highest BCUT2D eigenvalue weighted by atomic mass is 35.5. The van der Waals surface area contributed by atoms with Crippen LogP contribution in [0.4, 0.5) is 5.69 Å². The SMILES string of the molecule is C[C@H](NC(=O)c1ccc(N)c(Cl)c1)C(=O)O. The quantitative estimate of drug-likeness (QED) is 0.693. The number of amides is 1. The standard InChI is InChI=1S/C10H11ClN2O3/c1-5(10(15)16)13-9(14)6-2-3-8(12)7(11)4-6/h2-5H,12H2,1H3,(H,13,14)(H,15,16)/t5-/m0/s1. The first-order valence-corrected chi connectivity index (χ1v) is 4.88. The molecule has 1 rings (SSSR count). The lowest BCUT2D eigenvalue weighted by atomic mass is 10.2. The maximum Gasteiger partial charge on any atom is 0.325 e. The van der Waals surface area contributed by atoms with Gasteiger partial charge in [0.2, 0.25) is 0 Å². The molecule has 5 nitrogen and oxygen atoms in total. The van der Waals surface area contributed by atoms with Crippen LogP contribution < -0.4 is 11.1 Å². The van der Waals surface area contributed by atoms with Gasteiger partial charge in [-0.3, -0.25) is 9.59 Å². The van der Waals surface area contributed by atoms with Gasteiger partial charge in [-0.25, -0.2) is 0 Å². The number of nitrogens with two attached hydrogens (primary N) is 1. The van der Waals surface area contributed by atoms with E-state index in [1.807, 2.05) is 0 Å². The highest BCUT2D eigenvalue weighted by molar-refractivity contribution is 6.33. The third-order valence-corrected chi connectivity index (χ3v) is 2.31. The fourth-order valence-corrected chi connectivity index (χ4v) is 1.19. The Kier molecular flexibility index (Phi) is 3.73. The fraction of sp³-hybridized carbons (Fsp3) is 0.200. The van der Waals surface area contributed by atoms with Gasteiger partial charge in [-0.2, -0.15) is 0 Å². The molecule has 86 valence electrons. The van der Waals surface area contributed by atoms with Crippen molar-refractivity contribution in [2.75, 3.05) is 5.73 Å². The number of aliphatic carboxylic acids is 1. The molecular weight excluding hydrogens is 232 g/mol. The average molecular weight is 243 g/mol. The molecule has 0 heterocycles. The van der Waals surface area contributed by atoms with Gasteiger partial charge in [0, 0.05) is 5.56 Å². The molecule has 0 aliphatic carbocycles. The Labute approximate surface area is 97.2 Å². The Bertz CT molecular complexity index is 434. The second-order valence-corrected chi connectivity index (χ2v) is 3.68. The summed E-state index contributed by atoms with van der Waals surface area (Å²) in [6.07, 6.45) is 0. The molecule has 16 heavy (non-hydrogen) atoms. The molecule has 0 spiro atoms. The van der Waals surface area contributed by atoms with Gasteiger partial charge in [-0.1, -0.05) is 11.6 Å². The van der Waals surface area contributed by atoms with Crippen LogP contribution in [-0.4, -0.2) is 23.0 Å². The zero-order chi connectivity index (χ0) is 12.3. The summed E-state index contributed by atoms with van der Waals surface area (Å²) in [5, 5.41) is 11.2. The second-order valence-electron chi connectivity index (χ2n) is 3.27. The van der Waals surface area contributed by atoms with Crippen molar-refractivity contribution >= 4 is 29.2 Å². The van der Waals surface area contributed by atoms with E-state index in [0.717, 1.165) is 0 Å². The first-order chi connectivity index (χ1) is 7.41. The Morgan fingerprint density at radius 2 is 2.12 bits per heavy atom. The summed E-state index contributed by atoms with van der Waals surface area (Å²) >= 11 is 5.74. The maximum atomic E-state index is 11.5. The third-order valence-electron chi connectivity index (χ3n) is 1.98. The maximum absolute atomic E-state index is 11.5. The van der Waals surface area contributed by atoms with E-state index in [1.54, 1.807) is 0 Å². The van der Waals surface area contributed by atoms with E-state index in [0.29, 0.717) is 5.69 Å². The van der Waals surface area contributed by atoms with Crippen LogP contribution in [0.2, 0.25) is 5.02 Å². The number of hydrogen-bond acceptors (Lipinski definition) is 3. The summed E-state index contributed by atoms with van der Waals surface area (Å²) in [6, 6.07) is 3.40. The number of carbonyl (C=O) groups excluding carboxylic acids is 1. The number of rotatable bonds is 3. The van der Waals surface area contributed by atoms with Crippen molar-refractivity contribution < 1.29 is 14.7 Å². The molecule has 1 amide bonds. The fourth-order valence-electron chi connectivity index (χ4n) is 1.01. The van der Waals surface area contributed by atoms with Gasteiger partial charge in [-0.15, -0.1) is 0 Å². The van der Waals surface area contributed by atoms with E-state index in [9.17, 15) is 9.59 Å². The molecule has 0 aromatic heterocycles. The first-order valence-electron chi connectivity index (χ1n) is 4.50. The minimum absolute atomic E-state index is 0.260. The van der Waals surface area contributed by atoms with Crippen LogP contribution in [0.5, 0.6) is 0 Å². The van der Waals surface area contributed by atoms with Crippen LogP contribution >= 0.6 is 11.6 Å². The predicted molar refractivity (Wildman–Crippen MR) is 60.4 cm³/mol. The molecule has 0 radical (unpaired) electrons. The van der Waals surface area contributed by atoms with Gasteiger partial charge >= 0.3 is 5.97 Å². The molecule has 1 atom stereocenters. The Balaban J connectivity index is 2.81. The summed E-state index contributed by atoms with van der Waals surface area (Å²) in [7, 11) is 0. The number of carboxylic acids is 1. The highest BCUT2D eigenvalue weighted by Gasteiger charge is 2.15. The molecule has 0 saturated heterocycles. The topological polar surface area (TPSA) is 92.4 Å². The molecule has 0 saturated carbocycles. The van der Waals surface area contributed by atoms with Crippen LogP contribution in [0.15, 0.2) is 18.2 Å². The van der Waals surface area contributed by atoms with E-state index in [4.69, 9.17) is 22.4 Å². The Hall–Kier alpha value is -1.75. The second kappa shape index (κ2) is 4.85. The minimum atomic E-state index is -1.10. The van der Waals surface area contributed by atoms with Gasteiger partial charge in [0.25, 0.3) is 5.91 Å². The zero-order valence-corrected chi connectivity index (χ0v) is 9.28. The molecule has 6 heteroatoms. The van der Waals surface area contributed by atoms with Crippen molar-refractivity contribution in [3.8, 4) is 0 Å². The first kappa shape index (κ1) is 12.3.